The average Bonchev–Trinajstić information content (AvgIpc) is 2.72. The van der Waals surface area contributed by atoms with Gasteiger partial charge in [0, 0.05) is 0 Å². The predicted octanol–water partition coefficient (Wildman–Crippen LogP) is 2.81. The highest BCUT2D eigenvalue weighted by atomic mass is 32.2. The van der Waals surface area contributed by atoms with E-state index in [1.807, 2.05) is 32.0 Å². The van der Waals surface area contributed by atoms with Gasteiger partial charge >= 0.3 is 0 Å². The minimum atomic E-state index is -3.77. The first-order chi connectivity index (χ1) is 14.6. The van der Waals surface area contributed by atoms with Gasteiger partial charge in [-0.3, -0.25) is 9.10 Å². The number of fused-ring (bicyclic) bond motifs is 1. The molecule has 9 heteroatoms. The largest absolute Gasteiger partial charge is 0.495 e. The molecule has 0 fully saturated rings. The summed E-state index contributed by atoms with van der Waals surface area (Å²) < 4.78 is 42.8. The lowest BCUT2D eigenvalue weighted by molar-refractivity contribution is -0.122. The number of hydrogen-bond donors (Lipinski definition) is 1. The minimum Gasteiger partial charge on any atom is -0.495 e. The van der Waals surface area contributed by atoms with E-state index < -0.39 is 22.0 Å². The summed E-state index contributed by atoms with van der Waals surface area (Å²) in [6, 6.07) is 9.30. The number of methoxy groups -OCH3 is 1. The molecule has 1 aliphatic heterocycles. The summed E-state index contributed by atoms with van der Waals surface area (Å²) in [6.07, 6.45) is 1.07. The molecule has 0 unspecified atom stereocenters. The maximum atomic E-state index is 13.0. The summed E-state index contributed by atoms with van der Waals surface area (Å²) in [6.45, 7) is 6.19. The van der Waals surface area contributed by atoms with Crippen molar-refractivity contribution in [2.75, 3.05) is 30.9 Å². The number of hydrogen-bond acceptors (Lipinski definition) is 6. The zero-order valence-corrected chi connectivity index (χ0v) is 19.2. The molecule has 0 spiro atoms. The smallest absolute Gasteiger partial charge is 0.244 e. The van der Waals surface area contributed by atoms with E-state index in [9.17, 15) is 13.2 Å². The molecule has 1 aliphatic rings. The van der Waals surface area contributed by atoms with Crippen LogP contribution in [-0.2, 0) is 14.8 Å². The number of nitrogens with zero attached hydrogens (tertiary/aromatic N) is 1. The molecule has 3 rings (SSSR count). The molecule has 0 saturated heterocycles. The monoisotopic (exact) mass is 448 g/mol. The minimum absolute atomic E-state index is 0.319. The van der Waals surface area contributed by atoms with E-state index in [2.05, 4.69) is 5.32 Å². The second-order valence-electron chi connectivity index (χ2n) is 7.54. The van der Waals surface area contributed by atoms with E-state index in [4.69, 9.17) is 14.2 Å². The topological polar surface area (TPSA) is 94.2 Å². The quantitative estimate of drug-likeness (QED) is 0.700. The molecule has 0 bridgehead atoms. The fraction of sp³-hybridized carbons (Fsp3) is 0.409. The summed E-state index contributed by atoms with van der Waals surface area (Å²) in [5, 5.41) is 2.89. The highest BCUT2D eigenvalue weighted by molar-refractivity contribution is 7.92. The number of carbonyl (C=O) groups is 1. The van der Waals surface area contributed by atoms with Crippen LogP contribution in [0.2, 0.25) is 0 Å². The predicted molar refractivity (Wildman–Crippen MR) is 119 cm³/mol. The molecule has 0 aromatic heterocycles. The van der Waals surface area contributed by atoms with E-state index in [1.165, 1.54) is 7.11 Å². The fourth-order valence-corrected chi connectivity index (χ4v) is 4.67. The third-order valence-corrected chi connectivity index (χ3v) is 6.31. The van der Waals surface area contributed by atoms with Gasteiger partial charge in [-0.2, -0.15) is 0 Å². The molecule has 0 radical (unpaired) electrons. The van der Waals surface area contributed by atoms with Crippen molar-refractivity contribution in [3.8, 4) is 17.2 Å². The van der Waals surface area contributed by atoms with Gasteiger partial charge in [0.2, 0.25) is 15.9 Å². The third-order valence-electron chi connectivity index (χ3n) is 5.09. The van der Waals surface area contributed by atoms with Crippen molar-refractivity contribution in [3.05, 3.63) is 47.5 Å². The van der Waals surface area contributed by atoms with E-state index in [-0.39, 0.29) is 6.04 Å². The molecule has 0 aliphatic carbocycles. The van der Waals surface area contributed by atoms with Gasteiger partial charge in [0.05, 0.1) is 25.1 Å². The van der Waals surface area contributed by atoms with Crippen molar-refractivity contribution in [2.45, 2.75) is 32.9 Å². The number of sulfonamides is 1. The first-order valence-electron chi connectivity index (χ1n) is 9.95. The van der Waals surface area contributed by atoms with Gasteiger partial charge < -0.3 is 19.5 Å². The standard InChI is InChI=1S/C22H28N2O6S/c1-14-6-8-19(28-4)18(12-14)24(31(5,26)27)16(3)22(25)23-15(2)17-7-9-20-21(13-17)30-11-10-29-20/h6-9,12-13,15-16H,10-11H2,1-5H3,(H,23,25)/t15-,16-/m0/s1. The maximum absolute atomic E-state index is 13.0. The molecule has 31 heavy (non-hydrogen) atoms. The van der Waals surface area contributed by atoms with Crippen molar-refractivity contribution in [1.82, 2.24) is 5.32 Å². The van der Waals surface area contributed by atoms with Crippen LogP contribution in [0.15, 0.2) is 36.4 Å². The number of carbonyl (C=O) groups excluding carboxylic acids is 1. The molecule has 1 N–H and O–H groups in total. The van der Waals surface area contributed by atoms with Crippen LogP contribution in [0.25, 0.3) is 0 Å². The lowest BCUT2D eigenvalue weighted by atomic mass is 10.1. The first-order valence-corrected chi connectivity index (χ1v) is 11.8. The SMILES string of the molecule is COc1ccc(C)cc1N([C@@H](C)C(=O)N[C@@H](C)c1ccc2c(c1)OCCO2)S(C)(=O)=O. The Morgan fingerprint density at radius 3 is 2.42 bits per heavy atom. The Bertz CT molecular complexity index is 1070. The molecule has 1 heterocycles. The Kier molecular flexibility index (Phi) is 6.64. The van der Waals surface area contributed by atoms with E-state index in [0.29, 0.717) is 36.1 Å². The van der Waals surface area contributed by atoms with Crippen LogP contribution in [0.1, 0.15) is 31.0 Å². The van der Waals surface area contributed by atoms with Crippen LogP contribution < -0.4 is 23.8 Å². The normalized spacial score (nSPS) is 15.0. The molecule has 2 aromatic carbocycles. The van der Waals surface area contributed by atoms with E-state index in [1.54, 1.807) is 25.1 Å². The Balaban J connectivity index is 1.85. The van der Waals surface area contributed by atoms with Crippen LogP contribution >= 0.6 is 0 Å². The number of aryl methyl sites for hydroxylation is 1. The van der Waals surface area contributed by atoms with Gasteiger partial charge in [0.1, 0.15) is 25.0 Å². The molecule has 0 saturated carbocycles. The summed E-state index contributed by atoms with van der Waals surface area (Å²) in [5.74, 6) is 1.23. The summed E-state index contributed by atoms with van der Waals surface area (Å²) in [4.78, 5) is 13.0. The van der Waals surface area contributed by atoms with Crippen molar-refractivity contribution in [2.24, 2.45) is 0 Å². The Labute approximate surface area is 183 Å². The molecule has 168 valence electrons. The lowest BCUT2D eigenvalue weighted by Crippen LogP contribution is -2.48. The molecular weight excluding hydrogens is 420 g/mol. The first kappa shape index (κ1) is 22.7. The van der Waals surface area contributed by atoms with Gasteiger partial charge in [0.15, 0.2) is 11.5 Å². The highest BCUT2D eigenvalue weighted by Crippen LogP contribution is 2.34. The zero-order chi connectivity index (χ0) is 22.8. The van der Waals surface area contributed by atoms with Gasteiger partial charge in [-0.25, -0.2) is 8.42 Å². The van der Waals surface area contributed by atoms with Crippen LogP contribution in [-0.4, -0.2) is 46.9 Å². The lowest BCUT2D eigenvalue weighted by Gasteiger charge is -2.30. The summed E-state index contributed by atoms with van der Waals surface area (Å²) in [7, 11) is -2.31. The van der Waals surface area contributed by atoms with Gasteiger partial charge in [-0.15, -0.1) is 0 Å². The van der Waals surface area contributed by atoms with E-state index >= 15 is 0 Å². The van der Waals surface area contributed by atoms with Crippen LogP contribution in [0, 0.1) is 6.92 Å². The number of rotatable bonds is 7. The summed E-state index contributed by atoms with van der Waals surface area (Å²) >= 11 is 0. The second kappa shape index (κ2) is 9.05. The van der Waals surface area contributed by atoms with Gasteiger partial charge in [0.25, 0.3) is 0 Å². The van der Waals surface area contributed by atoms with Crippen molar-refractivity contribution < 1.29 is 27.4 Å². The molecule has 2 aromatic rings. The fourth-order valence-electron chi connectivity index (χ4n) is 3.50. The third kappa shape index (κ3) is 5.04. The number of amides is 1. The Morgan fingerprint density at radius 1 is 1.10 bits per heavy atom. The number of benzene rings is 2. The Hall–Kier alpha value is -2.94. The van der Waals surface area contributed by atoms with E-state index in [0.717, 1.165) is 21.7 Å². The number of anilines is 1. The Morgan fingerprint density at radius 2 is 1.77 bits per heavy atom. The number of ether oxygens (including phenoxy) is 3. The number of nitrogens with one attached hydrogen (secondary N) is 1. The molecule has 8 nitrogen and oxygen atoms in total. The van der Waals surface area contributed by atoms with Crippen molar-refractivity contribution in [1.29, 1.82) is 0 Å². The zero-order valence-electron chi connectivity index (χ0n) is 18.3. The van der Waals surface area contributed by atoms with Crippen LogP contribution in [0.3, 0.4) is 0 Å². The average molecular weight is 449 g/mol. The molecular formula is C22H28N2O6S. The molecule has 1 amide bonds. The highest BCUT2D eigenvalue weighted by Gasteiger charge is 2.32. The molecule has 2 atom stereocenters. The van der Waals surface area contributed by atoms with Gasteiger partial charge in [-0.1, -0.05) is 12.1 Å². The second-order valence-corrected chi connectivity index (χ2v) is 9.40. The summed E-state index contributed by atoms with van der Waals surface area (Å²) in [5.41, 5.74) is 1.99. The maximum Gasteiger partial charge on any atom is 0.244 e. The van der Waals surface area contributed by atoms with Crippen LogP contribution in [0.5, 0.6) is 17.2 Å². The van der Waals surface area contributed by atoms with Crippen molar-refractivity contribution >= 4 is 21.6 Å². The van der Waals surface area contributed by atoms with Crippen molar-refractivity contribution in [3.63, 3.8) is 0 Å². The van der Waals surface area contributed by atoms with Gasteiger partial charge in [-0.05, 0) is 56.2 Å². The van der Waals surface area contributed by atoms with Crippen LogP contribution in [0.4, 0.5) is 5.69 Å².